The monoisotopic (exact) mass is 220 g/mol. The maximum absolute atomic E-state index is 13.0. The van der Waals surface area contributed by atoms with Gasteiger partial charge in [0, 0.05) is 6.42 Å². The molecular formula is C9H8F4N2. The van der Waals surface area contributed by atoms with Crippen molar-refractivity contribution in [2.45, 2.75) is 12.6 Å². The van der Waals surface area contributed by atoms with Gasteiger partial charge in [-0.2, -0.15) is 13.2 Å². The standard InChI is InChI=1S/C9H8F4N2/c10-7-2-1-6(9(11,12)13)3-5(7)4-8(14)15/h1-3H,4H2,(H3,14,15). The Bertz CT molecular complexity index is 384. The Kier molecular flexibility index (Phi) is 2.97. The molecule has 3 N–H and O–H groups in total. The summed E-state index contributed by atoms with van der Waals surface area (Å²) in [6, 6.07) is 2.04. The Morgan fingerprint density at radius 3 is 2.40 bits per heavy atom. The van der Waals surface area contributed by atoms with Gasteiger partial charge in [-0.25, -0.2) is 4.39 Å². The van der Waals surface area contributed by atoms with E-state index in [1.807, 2.05) is 0 Å². The molecule has 0 bridgehead atoms. The molecule has 1 aromatic rings. The van der Waals surface area contributed by atoms with Crippen molar-refractivity contribution in [3.63, 3.8) is 0 Å². The molecule has 0 amide bonds. The average Bonchev–Trinajstić information content (AvgIpc) is 2.06. The highest BCUT2D eigenvalue weighted by Crippen LogP contribution is 2.30. The molecule has 1 rings (SSSR count). The Morgan fingerprint density at radius 2 is 1.93 bits per heavy atom. The number of nitrogens with two attached hydrogens (primary N) is 1. The van der Waals surface area contributed by atoms with Gasteiger partial charge in [0.15, 0.2) is 0 Å². The molecule has 15 heavy (non-hydrogen) atoms. The van der Waals surface area contributed by atoms with Crippen molar-refractivity contribution in [2.24, 2.45) is 5.73 Å². The number of rotatable bonds is 2. The first-order valence-corrected chi connectivity index (χ1v) is 3.99. The number of alkyl halides is 3. The van der Waals surface area contributed by atoms with Crippen LogP contribution in [0.15, 0.2) is 18.2 Å². The molecule has 6 heteroatoms. The molecule has 0 atom stereocenters. The zero-order valence-electron chi connectivity index (χ0n) is 7.53. The molecule has 0 aromatic heterocycles. The van der Waals surface area contributed by atoms with Gasteiger partial charge < -0.3 is 5.73 Å². The minimum atomic E-state index is -4.51. The Balaban J connectivity index is 3.11. The lowest BCUT2D eigenvalue weighted by atomic mass is 10.1. The SMILES string of the molecule is N=C(N)Cc1cc(C(F)(F)F)ccc1F. The smallest absolute Gasteiger partial charge is 0.387 e. The van der Waals surface area contributed by atoms with Crippen molar-refractivity contribution in [2.75, 3.05) is 0 Å². The summed E-state index contributed by atoms with van der Waals surface area (Å²) < 4.78 is 49.7. The van der Waals surface area contributed by atoms with Crippen LogP contribution < -0.4 is 5.73 Å². The molecule has 0 aliphatic carbocycles. The van der Waals surface area contributed by atoms with Crippen LogP contribution in [-0.4, -0.2) is 5.84 Å². The van der Waals surface area contributed by atoms with Crippen molar-refractivity contribution < 1.29 is 17.6 Å². The Labute approximate surface area is 83.2 Å². The Hall–Kier alpha value is -1.59. The third-order valence-corrected chi connectivity index (χ3v) is 1.75. The van der Waals surface area contributed by atoms with Gasteiger partial charge in [0.2, 0.25) is 0 Å². The lowest BCUT2D eigenvalue weighted by Crippen LogP contribution is -2.15. The predicted octanol–water partition coefficient (Wildman–Crippen LogP) is 2.32. The average molecular weight is 220 g/mol. The van der Waals surface area contributed by atoms with Gasteiger partial charge >= 0.3 is 6.18 Å². The summed E-state index contributed by atoms with van der Waals surface area (Å²) in [5, 5.41) is 6.88. The van der Waals surface area contributed by atoms with Gasteiger partial charge in [-0.1, -0.05) is 0 Å². The van der Waals surface area contributed by atoms with E-state index in [0.717, 1.165) is 6.07 Å². The van der Waals surface area contributed by atoms with E-state index in [4.69, 9.17) is 11.1 Å². The zero-order chi connectivity index (χ0) is 11.6. The molecule has 0 saturated carbocycles. The molecule has 82 valence electrons. The van der Waals surface area contributed by atoms with E-state index in [-0.39, 0.29) is 17.8 Å². The van der Waals surface area contributed by atoms with Crippen molar-refractivity contribution in [1.82, 2.24) is 0 Å². The molecule has 0 fully saturated rings. The third-order valence-electron chi connectivity index (χ3n) is 1.75. The van der Waals surface area contributed by atoms with Gasteiger partial charge in [0.05, 0.1) is 11.4 Å². The number of hydrogen-bond acceptors (Lipinski definition) is 1. The van der Waals surface area contributed by atoms with Crippen LogP contribution in [-0.2, 0) is 12.6 Å². The van der Waals surface area contributed by atoms with Crippen LogP contribution >= 0.6 is 0 Å². The highest BCUT2D eigenvalue weighted by Gasteiger charge is 2.31. The fourth-order valence-corrected chi connectivity index (χ4v) is 1.09. The number of benzene rings is 1. The maximum atomic E-state index is 13.0. The summed E-state index contributed by atoms with van der Waals surface area (Å²) in [5.41, 5.74) is 3.82. The van der Waals surface area contributed by atoms with E-state index in [1.54, 1.807) is 0 Å². The quantitative estimate of drug-likeness (QED) is 0.448. The van der Waals surface area contributed by atoms with Gasteiger partial charge in [-0.05, 0) is 23.8 Å². The highest BCUT2D eigenvalue weighted by molar-refractivity contribution is 5.79. The molecule has 0 spiro atoms. The molecule has 0 heterocycles. The van der Waals surface area contributed by atoms with Crippen molar-refractivity contribution in [1.29, 1.82) is 5.41 Å². The minimum absolute atomic E-state index is 0.225. The second kappa shape index (κ2) is 3.88. The van der Waals surface area contributed by atoms with Crippen LogP contribution in [0.1, 0.15) is 11.1 Å². The number of nitrogens with one attached hydrogen (secondary N) is 1. The molecular weight excluding hydrogens is 212 g/mol. The summed E-state index contributed by atoms with van der Waals surface area (Å²) in [5.74, 6) is -1.17. The fourth-order valence-electron chi connectivity index (χ4n) is 1.09. The molecule has 0 saturated heterocycles. The van der Waals surface area contributed by atoms with Crippen molar-refractivity contribution in [3.8, 4) is 0 Å². The van der Waals surface area contributed by atoms with Crippen LogP contribution in [0.5, 0.6) is 0 Å². The van der Waals surface area contributed by atoms with E-state index in [2.05, 4.69) is 0 Å². The third kappa shape index (κ3) is 2.93. The van der Waals surface area contributed by atoms with Crippen LogP contribution in [0, 0.1) is 11.2 Å². The number of hydrogen-bond donors (Lipinski definition) is 2. The summed E-state index contributed by atoms with van der Waals surface area (Å²) in [4.78, 5) is 0. The second-order valence-electron chi connectivity index (χ2n) is 3.01. The molecule has 0 aliphatic rings. The number of amidine groups is 1. The summed E-state index contributed by atoms with van der Waals surface area (Å²) in [6.07, 6.45) is -4.84. The van der Waals surface area contributed by atoms with E-state index in [9.17, 15) is 17.6 Å². The molecule has 1 aromatic carbocycles. The van der Waals surface area contributed by atoms with Gasteiger partial charge in [0.1, 0.15) is 5.82 Å². The topological polar surface area (TPSA) is 49.9 Å². The highest BCUT2D eigenvalue weighted by atomic mass is 19.4. The van der Waals surface area contributed by atoms with Gasteiger partial charge in [-0.15, -0.1) is 0 Å². The maximum Gasteiger partial charge on any atom is 0.416 e. The first-order valence-electron chi connectivity index (χ1n) is 3.99. The van der Waals surface area contributed by atoms with Gasteiger partial charge in [-0.3, -0.25) is 5.41 Å². The zero-order valence-corrected chi connectivity index (χ0v) is 7.53. The van der Waals surface area contributed by atoms with E-state index in [1.165, 1.54) is 0 Å². The van der Waals surface area contributed by atoms with Crippen molar-refractivity contribution >= 4 is 5.84 Å². The first kappa shape index (κ1) is 11.5. The molecule has 0 aliphatic heterocycles. The van der Waals surface area contributed by atoms with Crippen molar-refractivity contribution in [3.05, 3.63) is 35.1 Å². The largest absolute Gasteiger partial charge is 0.416 e. The summed E-state index contributed by atoms with van der Waals surface area (Å²) in [7, 11) is 0. The van der Waals surface area contributed by atoms with Crippen LogP contribution in [0.25, 0.3) is 0 Å². The predicted molar refractivity (Wildman–Crippen MR) is 47.0 cm³/mol. The Morgan fingerprint density at radius 1 is 1.33 bits per heavy atom. The van der Waals surface area contributed by atoms with E-state index in [0.29, 0.717) is 12.1 Å². The number of halogens is 4. The molecule has 0 radical (unpaired) electrons. The summed E-state index contributed by atoms with van der Waals surface area (Å²) in [6.45, 7) is 0. The molecule has 2 nitrogen and oxygen atoms in total. The van der Waals surface area contributed by atoms with Crippen LogP contribution in [0.4, 0.5) is 17.6 Å². The normalized spacial score (nSPS) is 11.5. The van der Waals surface area contributed by atoms with Crippen LogP contribution in [0.3, 0.4) is 0 Å². The second-order valence-corrected chi connectivity index (χ2v) is 3.01. The molecule has 0 unspecified atom stereocenters. The first-order chi connectivity index (χ1) is 6.80. The van der Waals surface area contributed by atoms with Crippen LogP contribution in [0.2, 0.25) is 0 Å². The van der Waals surface area contributed by atoms with E-state index < -0.39 is 17.6 Å². The summed E-state index contributed by atoms with van der Waals surface area (Å²) >= 11 is 0. The fraction of sp³-hybridized carbons (Fsp3) is 0.222. The van der Waals surface area contributed by atoms with E-state index >= 15 is 0 Å². The lowest BCUT2D eigenvalue weighted by molar-refractivity contribution is -0.137. The minimum Gasteiger partial charge on any atom is -0.387 e. The lowest BCUT2D eigenvalue weighted by Gasteiger charge is -2.09. The van der Waals surface area contributed by atoms with Gasteiger partial charge in [0.25, 0.3) is 0 Å².